The molecule has 0 saturated carbocycles. The molecule has 0 radical (unpaired) electrons. The first-order valence-electron chi connectivity index (χ1n) is 6.31. The van der Waals surface area contributed by atoms with E-state index in [-0.39, 0.29) is 12.5 Å². The zero-order valence-electron chi connectivity index (χ0n) is 11.5. The number of aliphatic hydroxyl groups is 1. The van der Waals surface area contributed by atoms with E-state index in [9.17, 15) is 9.90 Å². The van der Waals surface area contributed by atoms with Crippen LogP contribution in [0.5, 0.6) is 0 Å². The number of rotatable bonds is 5. The van der Waals surface area contributed by atoms with Crippen molar-refractivity contribution < 1.29 is 14.6 Å². The Morgan fingerprint density at radius 3 is 2.85 bits per heavy atom. The third-order valence-corrected chi connectivity index (χ3v) is 3.03. The molecule has 20 heavy (non-hydrogen) atoms. The number of nitrogens with one attached hydrogen (secondary N) is 1. The molecule has 106 valence electrons. The smallest absolute Gasteiger partial charge is 0.272 e. The van der Waals surface area contributed by atoms with E-state index in [0.717, 1.165) is 0 Å². The predicted molar refractivity (Wildman–Crippen MR) is 76.6 cm³/mol. The molecule has 1 aromatic carbocycles. The lowest BCUT2D eigenvalue weighted by Gasteiger charge is -2.12. The Morgan fingerprint density at radius 2 is 2.20 bits per heavy atom. The molecule has 5 heteroatoms. The van der Waals surface area contributed by atoms with Gasteiger partial charge in [0.1, 0.15) is 11.8 Å². The molecule has 0 saturated heterocycles. The first-order valence-corrected chi connectivity index (χ1v) is 6.31. The molecule has 0 fully saturated rings. The Labute approximate surface area is 117 Å². The zero-order chi connectivity index (χ0) is 14.5. The normalized spacial score (nSPS) is 12.2. The Bertz CT molecular complexity index is 592. The van der Waals surface area contributed by atoms with E-state index in [2.05, 4.69) is 5.32 Å². The summed E-state index contributed by atoms with van der Waals surface area (Å²) in [6, 6.07) is 10.7. The lowest BCUT2D eigenvalue weighted by atomic mass is 10.1. The quantitative estimate of drug-likeness (QED) is 0.876. The molecule has 1 atom stereocenters. The molecule has 1 aromatic heterocycles. The number of anilines is 1. The summed E-state index contributed by atoms with van der Waals surface area (Å²) in [5.74, 6) is -0.184. The van der Waals surface area contributed by atoms with Crippen LogP contribution >= 0.6 is 0 Å². The fraction of sp³-hybridized carbons (Fsp3) is 0.267. The standard InChI is InChI=1S/C15H18N2O3/c1-17-8-4-7-13(17)15(19)16-12-6-3-5-11(9-12)14(18)10-20-2/h3-9,14,18H,10H2,1-2H3,(H,16,19). The van der Waals surface area contributed by atoms with Gasteiger partial charge in [-0.1, -0.05) is 12.1 Å². The third kappa shape index (κ3) is 3.26. The number of hydrogen-bond donors (Lipinski definition) is 2. The van der Waals surface area contributed by atoms with Gasteiger partial charge in [0.15, 0.2) is 0 Å². The van der Waals surface area contributed by atoms with E-state index in [1.165, 1.54) is 7.11 Å². The number of ether oxygens (including phenoxy) is 1. The summed E-state index contributed by atoms with van der Waals surface area (Å²) >= 11 is 0. The van der Waals surface area contributed by atoms with Crippen LogP contribution in [0.3, 0.4) is 0 Å². The first-order chi connectivity index (χ1) is 9.61. The molecule has 0 aliphatic heterocycles. The number of methoxy groups -OCH3 is 1. The van der Waals surface area contributed by atoms with Crippen molar-refractivity contribution in [3.63, 3.8) is 0 Å². The maximum absolute atomic E-state index is 12.1. The monoisotopic (exact) mass is 274 g/mol. The number of hydrogen-bond acceptors (Lipinski definition) is 3. The number of amides is 1. The fourth-order valence-corrected chi connectivity index (χ4v) is 1.97. The van der Waals surface area contributed by atoms with Crippen LogP contribution in [0.4, 0.5) is 5.69 Å². The lowest BCUT2D eigenvalue weighted by Crippen LogP contribution is -2.15. The fourth-order valence-electron chi connectivity index (χ4n) is 1.97. The lowest BCUT2D eigenvalue weighted by molar-refractivity contribution is 0.0644. The summed E-state index contributed by atoms with van der Waals surface area (Å²) in [6.07, 6.45) is 1.11. The van der Waals surface area contributed by atoms with Crippen LogP contribution in [0, 0.1) is 0 Å². The van der Waals surface area contributed by atoms with Gasteiger partial charge in [0, 0.05) is 26.0 Å². The van der Waals surface area contributed by atoms with Gasteiger partial charge in [-0.25, -0.2) is 0 Å². The highest BCUT2D eigenvalue weighted by molar-refractivity contribution is 6.03. The minimum Gasteiger partial charge on any atom is -0.386 e. The van der Waals surface area contributed by atoms with Gasteiger partial charge >= 0.3 is 0 Å². The predicted octanol–water partition coefficient (Wildman–Crippen LogP) is 1.96. The topological polar surface area (TPSA) is 63.5 Å². The van der Waals surface area contributed by atoms with Gasteiger partial charge in [-0.15, -0.1) is 0 Å². The van der Waals surface area contributed by atoms with Crippen LogP contribution in [0.1, 0.15) is 22.2 Å². The van der Waals surface area contributed by atoms with Crippen molar-refractivity contribution in [1.29, 1.82) is 0 Å². The number of carbonyl (C=O) groups is 1. The average molecular weight is 274 g/mol. The van der Waals surface area contributed by atoms with Crippen LogP contribution in [0.15, 0.2) is 42.6 Å². The average Bonchev–Trinajstić information content (AvgIpc) is 2.85. The molecule has 1 heterocycles. The second kappa shape index (κ2) is 6.36. The highest BCUT2D eigenvalue weighted by Crippen LogP contribution is 2.18. The maximum atomic E-state index is 12.1. The molecular weight excluding hydrogens is 256 g/mol. The van der Waals surface area contributed by atoms with Crippen LogP contribution in [-0.4, -0.2) is 29.3 Å². The first kappa shape index (κ1) is 14.3. The molecule has 5 nitrogen and oxygen atoms in total. The van der Waals surface area contributed by atoms with Crippen LogP contribution in [0.2, 0.25) is 0 Å². The van der Waals surface area contributed by atoms with Gasteiger partial charge < -0.3 is 19.7 Å². The minimum atomic E-state index is -0.702. The Hall–Kier alpha value is -2.11. The largest absolute Gasteiger partial charge is 0.386 e. The van der Waals surface area contributed by atoms with E-state index in [1.54, 1.807) is 34.9 Å². The van der Waals surface area contributed by atoms with Gasteiger partial charge in [0.2, 0.25) is 0 Å². The molecule has 0 spiro atoms. The SMILES string of the molecule is COCC(O)c1cccc(NC(=O)c2cccn2C)c1. The molecule has 0 aliphatic rings. The van der Waals surface area contributed by atoms with Gasteiger partial charge in [-0.2, -0.15) is 0 Å². The Kier molecular flexibility index (Phi) is 4.55. The van der Waals surface area contributed by atoms with E-state index in [0.29, 0.717) is 16.9 Å². The summed E-state index contributed by atoms with van der Waals surface area (Å²) < 4.78 is 6.66. The minimum absolute atomic E-state index is 0.184. The van der Waals surface area contributed by atoms with Crippen LogP contribution in [-0.2, 0) is 11.8 Å². The summed E-state index contributed by atoms with van der Waals surface area (Å²) in [6.45, 7) is 0.217. The summed E-state index contributed by atoms with van der Waals surface area (Å²) in [5, 5.41) is 12.7. The molecule has 0 aliphatic carbocycles. The molecule has 2 aromatic rings. The number of carbonyl (C=O) groups excluding carboxylic acids is 1. The molecule has 0 bridgehead atoms. The van der Waals surface area contributed by atoms with E-state index < -0.39 is 6.10 Å². The van der Waals surface area contributed by atoms with Crippen LogP contribution < -0.4 is 5.32 Å². The van der Waals surface area contributed by atoms with Gasteiger partial charge in [-0.05, 0) is 29.8 Å². The van der Waals surface area contributed by atoms with Gasteiger partial charge in [-0.3, -0.25) is 4.79 Å². The second-order valence-corrected chi connectivity index (χ2v) is 4.56. The summed E-state index contributed by atoms with van der Waals surface area (Å²) in [5.41, 5.74) is 1.92. The number of benzene rings is 1. The highest BCUT2D eigenvalue weighted by Gasteiger charge is 2.11. The summed E-state index contributed by atoms with van der Waals surface area (Å²) in [7, 11) is 3.35. The molecule has 2 N–H and O–H groups in total. The van der Waals surface area contributed by atoms with E-state index in [1.807, 2.05) is 19.3 Å². The van der Waals surface area contributed by atoms with Crippen molar-refractivity contribution in [1.82, 2.24) is 4.57 Å². The van der Waals surface area contributed by atoms with Crippen molar-refractivity contribution in [2.24, 2.45) is 7.05 Å². The third-order valence-electron chi connectivity index (χ3n) is 3.03. The van der Waals surface area contributed by atoms with E-state index >= 15 is 0 Å². The van der Waals surface area contributed by atoms with E-state index in [4.69, 9.17) is 4.74 Å². The molecule has 1 amide bonds. The van der Waals surface area contributed by atoms with Crippen molar-refractivity contribution in [2.75, 3.05) is 19.0 Å². The number of aryl methyl sites for hydroxylation is 1. The van der Waals surface area contributed by atoms with Crippen molar-refractivity contribution in [3.05, 3.63) is 53.9 Å². The maximum Gasteiger partial charge on any atom is 0.272 e. The highest BCUT2D eigenvalue weighted by atomic mass is 16.5. The summed E-state index contributed by atoms with van der Waals surface area (Å²) in [4.78, 5) is 12.1. The number of aromatic nitrogens is 1. The Morgan fingerprint density at radius 1 is 1.40 bits per heavy atom. The number of aliphatic hydroxyl groups excluding tert-OH is 1. The van der Waals surface area contributed by atoms with Gasteiger partial charge in [0.25, 0.3) is 5.91 Å². The van der Waals surface area contributed by atoms with Gasteiger partial charge in [0.05, 0.1) is 6.61 Å². The van der Waals surface area contributed by atoms with Crippen LogP contribution in [0.25, 0.3) is 0 Å². The van der Waals surface area contributed by atoms with Crippen molar-refractivity contribution >= 4 is 11.6 Å². The second-order valence-electron chi connectivity index (χ2n) is 4.56. The molecule has 2 rings (SSSR count). The molecule has 1 unspecified atom stereocenters. The number of nitrogens with zero attached hydrogens (tertiary/aromatic N) is 1. The van der Waals surface area contributed by atoms with Crippen molar-refractivity contribution in [2.45, 2.75) is 6.10 Å². The molecular formula is C15H18N2O3. The van der Waals surface area contributed by atoms with Crippen molar-refractivity contribution in [3.8, 4) is 0 Å². The Balaban J connectivity index is 2.12. The zero-order valence-corrected chi connectivity index (χ0v) is 11.5.